The third kappa shape index (κ3) is 4.46. The van der Waals surface area contributed by atoms with E-state index in [0.717, 1.165) is 11.4 Å². The minimum absolute atomic E-state index is 0.117. The number of sulfonamides is 1. The van der Waals surface area contributed by atoms with Crippen LogP contribution in [0.3, 0.4) is 0 Å². The van der Waals surface area contributed by atoms with Gasteiger partial charge in [0.05, 0.1) is 45.4 Å². The lowest BCUT2D eigenvalue weighted by atomic mass is 10.1. The molecule has 0 bridgehead atoms. The number of halogens is 2. The van der Waals surface area contributed by atoms with E-state index in [9.17, 15) is 8.42 Å². The molecule has 0 aliphatic carbocycles. The molecule has 0 fully saturated rings. The number of ether oxygens (including phenoxy) is 1. The van der Waals surface area contributed by atoms with E-state index >= 15 is 0 Å². The lowest BCUT2D eigenvalue weighted by molar-refractivity contribution is 0.413. The summed E-state index contributed by atoms with van der Waals surface area (Å²) in [6.07, 6.45) is 3.53. The summed E-state index contributed by atoms with van der Waals surface area (Å²) in [4.78, 5) is 4.34. The van der Waals surface area contributed by atoms with Gasteiger partial charge < -0.3 is 9.30 Å². The molecule has 1 aromatic heterocycles. The van der Waals surface area contributed by atoms with E-state index in [1.807, 2.05) is 17.7 Å². The summed E-state index contributed by atoms with van der Waals surface area (Å²) in [6, 6.07) is 16.8. The van der Waals surface area contributed by atoms with Gasteiger partial charge in [0.2, 0.25) is 0 Å². The minimum atomic E-state index is -3.91. The predicted molar refractivity (Wildman–Crippen MR) is 128 cm³/mol. The fourth-order valence-electron chi connectivity index (χ4n) is 3.32. The first kappa shape index (κ1) is 22.2. The number of hydrogen-bond acceptors (Lipinski definition) is 4. The third-order valence-corrected chi connectivity index (χ3v) is 7.01. The molecule has 4 rings (SSSR count). The molecule has 0 spiro atoms. The summed E-state index contributed by atoms with van der Waals surface area (Å²) in [5, 5.41) is 0.744. The van der Waals surface area contributed by atoms with E-state index in [4.69, 9.17) is 27.9 Å². The quantitative estimate of drug-likeness (QED) is 0.363. The van der Waals surface area contributed by atoms with Gasteiger partial charge in [-0.1, -0.05) is 47.5 Å². The number of imidazole rings is 1. The number of nitrogens with zero attached hydrogens (tertiary/aromatic N) is 2. The highest BCUT2D eigenvalue weighted by atomic mass is 35.5. The Bertz CT molecular complexity index is 1400. The molecule has 1 N–H and O–H groups in total. The number of rotatable bonds is 6. The smallest absolute Gasteiger partial charge is 0.262 e. The normalized spacial score (nSPS) is 11.4. The molecule has 164 valence electrons. The van der Waals surface area contributed by atoms with Gasteiger partial charge in [-0.25, -0.2) is 13.4 Å². The fourth-order valence-corrected chi connectivity index (χ4v) is 4.90. The molecule has 0 aliphatic heterocycles. The predicted octanol–water partition coefficient (Wildman–Crippen LogP) is 5.96. The van der Waals surface area contributed by atoms with Crippen molar-refractivity contribution < 1.29 is 13.2 Å². The monoisotopic (exact) mass is 487 g/mol. The minimum Gasteiger partial charge on any atom is -0.494 e. The number of hydrogen-bond donors (Lipinski definition) is 1. The van der Waals surface area contributed by atoms with Gasteiger partial charge in [0.15, 0.2) is 0 Å². The Balaban J connectivity index is 1.71. The lowest BCUT2D eigenvalue weighted by Crippen LogP contribution is -2.14. The van der Waals surface area contributed by atoms with Crippen molar-refractivity contribution in [1.29, 1.82) is 0 Å². The zero-order valence-electron chi connectivity index (χ0n) is 17.2. The molecular weight excluding hydrogens is 469 g/mol. The van der Waals surface area contributed by atoms with Crippen LogP contribution in [0.2, 0.25) is 10.0 Å². The van der Waals surface area contributed by atoms with Gasteiger partial charge in [-0.05, 0) is 42.8 Å². The number of benzene rings is 3. The highest BCUT2D eigenvalue weighted by Crippen LogP contribution is 2.34. The SMILES string of the molecule is COc1cc(NS(=O)(=O)c2ccccc2-c2ccc(Cl)c(Cl)c2)ccc1-n1cnc(C)c1. The molecule has 0 saturated heterocycles. The largest absolute Gasteiger partial charge is 0.494 e. The van der Waals surface area contributed by atoms with E-state index < -0.39 is 10.0 Å². The zero-order valence-corrected chi connectivity index (χ0v) is 19.5. The number of aromatic nitrogens is 2. The van der Waals surface area contributed by atoms with Crippen LogP contribution < -0.4 is 9.46 Å². The summed E-state index contributed by atoms with van der Waals surface area (Å²) in [7, 11) is -2.39. The molecule has 3 aromatic carbocycles. The van der Waals surface area contributed by atoms with Crippen molar-refractivity contribution >= 4 is 38.9 Å². The number of anilines is 1. The molecule has 0 amide bonds. The highest BCUT2D eigenvalue weighted by Gasteiger charge is 2.20. The van der Waals surface area contributed by atoms with Gasteiger partial charge >= 0.3 is 0 Å². The summed E-state index contributed by atoms with van der Waals surface area (Å²) in [5.74, 6) is 0.500. The van der Waals surface area contributed by atoms with E-state index in [-0.39, 0.29) is 4.90 Å². The second-order valence-electron chi connectivity index (χ2n) is 7.04. The summed E-state index contributed by atoms with van der Waals surface area (Å²) in [5.41, 5.74) is 3.12. The topological polar surface area (TPSA) is 73.2 Å². The number of aryl methyl sites for hydroxylation is 1. The molecule has 0 atom stereocenters. The van der Waals surface area contributed by atoms with Crippen LogP contribution in [0.25, 0.3) is 16.8 Å². The van der Waals surface area contributed by atoms with Crippen LogP contribution in [0, 0.1) is 6.92 Å². The summed E-state index contributed by atoms with van der Waals surface area (Å²) >= 11 is 12.2. The summed E-state index contributed by atoms with van der Waals surface area (Å²) < 4.78 is 36.5. The third-order valence-electron chi connectivity index (χ3n) is 4.83. The Hall–Kier alpha value is -3.00. The zero-order chi connectivity index (χ0) is 22.9. The van der Waals surface area contributed by atoms with E-state index in [2.05, 4.69) is 9.71 Å². The molecular formula is C23H19Cl2N3O3S. The number of nitrogens with one attached hydrogen (secondary N) is 1. The van der Waals surface area contributed by atoms with Gasteiger partial charge in [-0.2, -0.15) is 0 Å². The maximum atomic E-state index is 13.3. The van der Waals surface area contributed by atoms with Crippen LogP contribution in [0.1, 0.15) is 5.69 Å². The molecule has 4 aromatic rings. The number of methoxy groups -OCH3 is 1. The molecule has 0 aliphatic rings. The molecule has 0 radical (unpaired) electrons. The maximum absolute atomic E-state index is 13.3. The molecule has 0 saturated carbocycles. The van der Waals surface area contributed by atoms with Crippen molar-refractivity contribution in [3.8, 4) is 22.6 Å². The Labute approximate surface area is 196 Å². The Kier molecular flexibility index (Phi) is 6.15. The first-order valence-electron chi connectivity index (χ1n) is 9.55. The molecule has 9 heteroatoms. The van der Waals surface area contributed by atoms with Crippen molar-refractivity contribution in [3.05, 3.63) is 88.9 Å². The first-order valence-corrected chi connectivity index (χ1v) is 11.8. The Morgan fingerprint density at radius 2 is 1.78 bits per heavy atom. The van der Waals surface area contributed by atoms with Gasteiger partial charge in [0.25, 0.3) is 10.0 Å². The Morgan fingerprint density at radius 1 is 1.00 bits per heavy atom. The van der Waals surface area contributed by atoms with Crippen LogP contribution in [0.4, 0.5) is 5.69 Å². The lowest BCUT2D eigenvalue weighted by Gasteiger charge is -2.15. The van der Waals surface area contributed by atoms with E-state index in [1.165, 1.54) is 7.11 Å². The average molecular weight is 488 g/mol. The molecule has 6 nitrogen and oxygen atoms in total. The Morgan fingerprint density at radius 3 is 2.47 bits per heavy atom. The van der Waals surface area contributed by atoms with Crippen LogP contribution in [-0.2, 0) is 10.0 Å². The van der Waals surface area contributed by atoms with Crippen LogP contribution in [0.15, 0.2) is 78.1 Å². The second-order valence-corrected chi connectivity index (χ2v) is 9.50. The van der Waals surface area contributed by atoms with Crippen LogP contribution >= 0.6 is 23.2 Å². The van der Waals surface area contributed by atoms with E-state index in [0.29, 0.717) is 32.6 Å². The van der Waals surface area contributed by atoms with Crippen molar-refractivity contribution in [2.45, 2.75) is 11.8 Å². The highest BCUT2D eigenvalue weighted by molar-refractivity contribution is 7.92. The molecule has 0 unspecified atom stereocenters. The fraction of sp³-hybridized carbons (Fsp3) is 0.0870. The van der Waals surface area contributed by atoms with Crippen molar-refractivity contribution in [2.24, 2.45) is 0 Å². The van der Waals surface area contributed by atoms with Gasteiger partial charge in [0, 0.05) is 17.8 Å². The molecule has 32 heavy (non-hydrogen) atoms. The van der Waals surface area contributed by atoms with Crippen molar-refractivity contribution in [2.75, 3.05) is 11.8 Å². The maximum Gasteiger partial charge on any atom is 0.262 e. The average Bonchev–Trinajstić information content (AvgIpc) is 3.21. The van der Waals surface area contributed by atoms with Gasteiger partial charge in [-0.15, -0.1) is 0 Å². The van der Waals surface area contributed by atoms with E-state index in [1.54, 1.807) is 67.0 Å². The first-order chi connectivity index (χ1) is 15.3. The molecule has 1 heterocycles. The van der Waals surface area contributed by atoms with Crippen molar-refractivity contribution in [3.63, 3.8) is 0 Å². The summed E-state index contributed by atoms with van der Waals surface area (Å²) in [6.45, 7) is 1.89. The van der Waals surface area contributed by atoms with Crippen LogP contribution in [0.5, 0.6) is 5.75 Å². The van der Waals surface area contributed by atoms with Crippen molar-refractivity contribution in [1.82, 2.24) is 9.55 Å². The van der Waals surface area contributed by atoms with Crippen LogP contribution in [-0.4, -0.2) is 25.1 Å². The second kappa shape index (κ2) is 8.86. The van der Waals surface area contributed by atoms with Gasteiger partial charge in [-0.3, -0.25) is 4.72 Å². The standard InChI is InChI=1S/C23H19Cl2N3O3S/c1-15-13-28(14-26-15)21-10-8-17(12-22(21)31-2)27-32(29,30)23-6-4-3-5-18(23)16-7-9-19(24)20(25)11-16/h3-14,27H,1-2H3. The van der Waals surface area contributed by atoms with Gasteiger partial charge in [0.1, 0.15) is 5.75 Å².